The molecule has 6 nitrogen and oxygen atoms in total. The lowest BCUT2D eigenvalue weighted by molar-refractivity contribution is 0.473. The van der Waals surface area contributed by atoms with Gasteiger partial charge < -0.3 is 5.11 Å². The second-order valence-corrected chi connectivity index (χ2v) is 8.47. The SMILES string of the molecule is Cc1cc(C)c(O)c(NS(=O)(=O)CS(C)(=O)=O)c1. The van der Waals surface area contributed by atoms with Gasteiger partial charge in [0, 0.05) is 6.26 Å². The Labute approximate surface area is 107 Å². The van der Waals surface area contributed by atoms with Crippen LogP contribution in [0, 0.1) is 13.8 Å². The molecule has 0 atom stereocenters. The fourth-order valence-electron chi connectivity index (χ4n) is 1.52. The zero-order valence-electron chi connectivity index (χ0n) is 10.3. The van der Waals surface area contributed by atoms with Crippen molar-refractivity contribution in [2.75, 3.05) is 16.1 Å². The number of phenolic OH excluding ortho intramolecular Hbond substituents is 1. The summed E-state index contributed by atoms with van der Waals surface area (Å²) in [4.78, 5) is 0. The molecule has 102 valence electrons. The van der Waals surface area contributed by atoms with Crippen LogP contribution in [0.3, 0.4) is 0 Å². The molecule has 0 aromatic heterocycles. The van der Waals surface area contributed by atoms with E-state index in [1.807, 2.05) is 0 Å². The number of hydrogen-bond donors (Lipinski definition) is 2. The van der Waals surface area contributed by atoms with E-state index >= 15 is 0 Å². The van der Waals surface area contributed by atoms with E-state index in [4.69, 9.17) is 0 Å². The summed E-state index contributed by atoms with van der Waals surface area (Å²) in [5.74, 6) is -0.210. The number of anilines is 1. The van der Waals surface area contributed by atoms with Crippen molar-refractivity contribution in [1.29, 1.82) is 0 Å². The molecule has 2 N–H and O–H groups in total. The van der Waals surface area contributed by atoms with Crippen molar-refractivity contribution in [3.8, 4) is 5.75 Å². The van der Waals surface area contributed by atoms with Crippen molar-refractivity contribution in [3.05, 3.63) is 23.3 Å². The summed E-state index contributed by atoms with van der Waals surface area (Å²) in [7, 11) is -7.71. The summed E-state index contributed by atoms with van der Waals surface area (Å²) in [5.41, 5.74) is 1.24. The lowest BCUT2D eigenvalue weighted by Crippen LogP contribution is -2.22. The summed E-state index contributed by atoms with van der Waals surface area (Å²) in [5, 5.41) is 8.69. The predicted molar refractivity (Wildman–Crippen MR) is 69.8 cm³/mol. The molecule has 0 aliphatic carbocycles. The Balaban J connectivity index is 3.13. The van der Waals surface area contributed by atoms with E-state index in [9.17, 15) is 21.9 Å². The largest absolute Gasteiger partial charge is 0.505 e. The number of hydrogen-bond acceptors (Lipinski definition) is 5. The number of aryl methyl sites for hydroxylation is 2. The van der Waals surface area contributed by atoms with E-state index in [1.165, 1.54) is 6.07 Å². The Hall–Kier alpha value is -1.28. The van der Waals surface area contributed by atoms with Gasteiger partial charge in [-0.2, -0.15) is 0 Å². The summed E-state index contributed by atoms with van der Waals surface area (Å²) >= 11 is 0. The van der Waals surface area contributed by atoms with E-state index in [2.05, 4.69) is 4.72 Å². The molecule has 0 spiro atoms. The van der Waals surface area contributed by atoms with Crippen LogP contribution < -0.4 is 4.72 Å². The fourth-order valence-corrected chi connectivity index (χ4v) is 4.50. The zero-order valence-corrected chi connectivity index (χ0v) is 11.9. The monoisotopic (exact) mass is 293 g/mol. The second-order valence-electron chi connectivity index (χ2n) is 4.24. The van der Waals surface area contributed by atoms with Gasteiger partial charge in [0.25, 0.3) is 0 Å². The first-order chi connectivity index (χ1) is 8.00. The Bertz CT molecular complexity index is 662. The Kier molecular flexibility index (Phi) is 3.92. The molecule has 0 aliphatic rings. The quantitative estimate of drug-likeness (QED) is 0.798. The third-order valence-electron chi connectivity index (χ3n) is 2.08. The van der Waals surface area contributed by atoms with Crippen molar-refractivity contribution in [2.45, 2.75) is 13.8 Å². The van der Waals surface area contributed by atoms with Crippen LogP contribution in [0.2, 0.25) is 0 Å². The number of benzene rings is 1. The highest BCUT2D eigenvalue weighted by atomic mass is 32.3. The Morgan fingerprint density at radius 2 is 1.72 bits per heavy atom. The van der Waals surface area contributed by atoms with Gasteiger partial charge in [0.05, 0.1) is 5.69 Å². The summed E-state index contributed by atoms with van der Waals surface area (Å²) in [6.45, 7) is 3.36. The Morgan fingerprint density at radius 1 is 1.17 bits per heavy atom. The van der Waals surface area contributed by atoms with Gasteiger partial charge >= 0.3 is 0 Å². The lowest BCUT2D eigenvalue weighted by atomic mass is 10.1. The molecule has 0 saturated carbocycles. The van der Waals surface area contributed by atoms with Crippen LogP contribution >= 0.6 is 0 Å². The third kappa shape index (κ3) is 4.19. The van der Waals surface area contributed by atoms with Gasteiger partial charge in [-0.3, -0.25) is 4.72 Å². The Morgan fingerprint density at radius 3 is 2.22 bits per heavy atom. The van der Waals surface area contributed by atoms with Gasteiger partial charge in [-0.25, -0.2) is 16.8 Å². The highest BCUT2D eigenvalue weighted by Crippen LogP contribution is 2.29. The zero-order chi connectivity index (χ0) is 14.1. The minimum atomic E-state index is -4.05. The van der Waals surface area contributed by atoms with E-state index in [1.54, 1.807) is 19.9 Å². The maximum atomic E-state index is 11.6. The number of phenols is 1. The maximum Gasteiger partial charge on any atom is 0.247 e. The highest BCUT2D eigenvalue weighted by molar-refractivity contribution is 8.08. The number of sulfonamides is 1. The summed E-state index contributed by atoms with van der Waals surface area (Å²) in [6.07, 6.45) is 0.827. The highest BCUT2D eigenvalue weighted by Gasteiger charge is 2.20. The normalized spacial score (nSPS) is 12.4. The molecule has 0 unspecified atom stereocenters. The van der Waals surface area contributed by atoms with Crippen molar-refractivity contribution < 1.29 is 21.9 Å². The molecule has 0 saturated heterocycles. The van der Waals surface area contributed by atoms with Crippen LogP contribution in [0.1, 0.15) is 11.1 Å². The molecule has 1 aromatic carbocycles. The van der Waals surface area contributed by atoms with Gasteiger partial charge in [-0.05, 0) is 31.0 Å². The van der Waals surface area contributed by atoms with Gasteiger partial charge in [-0.1, -0.05) is 6.07 Å². The fraction of sp³-hybridized carbons (Fsp3) is 0.400. The molecule has 0 aliphatic heterocycles. The van der Waals surface area contributed by atoms with E-state index in [0.29, 0.717) is 5.56 Å². The molecule has 0 amide bonds. The minimum absolute atomic E-state index is 0.0175. The summed E-state index contributed by atoms with van der Waals surface area (Å²) in [6, 6.07) is 3.12. The first-order valence-electron chi connectivity index (χ1n) is 4.98. The number of sulfone groups is 1. The third-order valence-corrected chi connectivity index (χ3v) is 5.56. The molecular weight excluding hydrogens is 278 g/mol. The average Bonchev–Trinajstić information content (AvgIpc) is 2.08. The number of nitrogens with one attached hydrogen (secondary N) is 1. The van der Waals surface area contributed by atoms with Gasteiger partial charge in [0.15, 0.2) is 14.9 Å². The molecule has 1 rings (SSSR count). The van der Waals surface area contributed by atoms with Gasteiger partial charge in [0.1, 0.15) is 5.75 Å². The molecular formula is C10H15NO5S2. The van der Waals surface area contributed by atoms with Crippen molar-refractivity contribution >= 4 is 25.5 Å². The number of aromatic hydroxyl groups is 1. The van der Waals surface area contributed by atoms with Crippen molar-refractivity contribution in [3.63, 3.8) is 0 Å². The molecule has 0 radical (unpaired) electrons. The van der Waals surface area contributed by atoms with Crippen LogP contribution in [0.5, 0.6) is 5.75 Å². The molecule has 0 fully saturated rings. The minimum Gasteiger partial charge on any atom is -0.505 e. The van der Waals surface area contributed by atoms with Crippen LogP contribution in [-0.2, 0) is 19.9 Å². The van der Waals surface area contributed by atoms with Crippen LogP contribution in [0.25, 0.3) is 0 Å². The average molecular weight is 293 g/mol. The molecule has 8 heteroatoms. The van der Waals surface area contributed by atoms with Crippen molar-refractivity contribution in [2.24, 2.45) is 0 Å². The lowest BCUT2D eigenvalue weighted by Gasteiger charge is -2.11. The van der Waals surface area contributed by atoms with E-state index in [0.717, 1.165) is 11.8 Å². The van der Waals surface area contributed by atoms with E-state index < -0.39 is 24.9 Å². The van der Waals surface area contributed by atoms with Crippen LogP contribution in [-0.4, -0.2) is 33.3 Å². The second kappa shape index (κ2) is 4.77. The van der Waals surface area contributed by atoms with Gasteiger partial charge in [0.2, 0.25) is 10.0 Å². The number of rotatable bonds is 4. The van der Waals surface area contributed by atoms with Gasteiger partial charge in [-0.15, -0.1) is 0 Å². The summed E-state index contributed by atoms with van der Waals surface area (Å²) < 4.78 is 47.2. The molecule has 0 bridgehead atoms. The maximum absolute atomic E-state index is 11.6. The molecule has 0 heterocycles. The van der Waals surface area contributed by atoms with Crippen molar-refractivity contribution in [1.82, 2.24) is 0 Å². The first kappa shape index (κ1) is 14.8. The van der Waals surface area contributed by atoms with Crippen LogP contribution in [0.4, 0.5) is 5.69 Å². The molecule has 1 aromatic rings. The van der Waals surface area contributed by atoms with Crippen LogP contribution in [0.15, 0.2) is 12.1 Å². The smallest absolute Gasteiger partial charge is 0.247 e. The molecule has 18 heavy (non-hydrogen) atoms. The standard InChI is InChI=1S/C10H15NO5S2/c1-7-4-8(2)10(12)9(5-7)11-18(15,16)6-17(3,13)14/h4-5,11-12H,6H2,1-3H3. The topological polar surface area (TPSA) is 101 Å². The first-order valence-corrected chi connectivity index (χ1v) is 8.70. The van der Waals surface area contributed by atoms with E-state index in [-0.39, 0.29) is 11.4 Å². The predicted octanol–water partition coefficient (Wildman–Crippen LogP) is 0.753.